The number of ether oxygens (including phenoxy) is 3. The molecule has 244 valence electrons. The highest BCUT2D eigenvalue weighted by Crippen LogP contribution is 2.57. The number of fused-ring (bicyclic) bond motifs is 3. The summed E-state index contributed by atoms with van der Waals surface area (Å²) in [6, 6.07) is 50.8. The van der Waals surface area contributed by atoms with Gasteiger partial charge in [0, 0.05) is 11.1 Å². The molecule has 6 heteroatoms. The lowest BCUT2D eigenvalue weighted by molar-refractivity contribution is 0.0706. The van der Waals surface area contributed by atoms with E-state index in [9.17, 15) is 4.91 Å². The van der Waals surface area contributed by atoms with Crippen LogP contribution in [0.3, 0.4) is 0 Å². The molecule has 0 radical (unpaired) electrons. The molecule has 7 rings (SSSR count). The minimum Gasteiger partial charge on any atom is -0.491 e. The number of benzene rings is 6. The summed E-state index contributed by atoms with van der Waals surface area (Å²) in [5.41, 5.74) is 10.3. The number of nitroso groups, excluding NO2 is 1. The largest absolute Gasteiger partial charge is 0.491 e. The minimum atomic E-state index is -0.675. The summed E-state index contributed by atoms with van der Waals surface area (Å²) in [4.78, 5) is 10.9. The van der Waals surface area contributed by atoms with Crippen LogP contribution in [0.15, 0.2) is 151 Å². The number of aliphatic hydroxyl groups excluding tert-OH is 1. The van der Waals surface area contributed by atoms with Gasteiger partial charge in [0.25, 0.3) is 0 Å². The Bertz CT molecular complexity index is 2000. The van der Waals surface area contributed by atoms with E-state index in [4.69, 9.17) is 19.3 Å². The maximum absolute atomic E-state index is 10.9. The van der Waals surface area contributed by atoms with Gasteiger partial charge in [0.15, 0.2) is 0 Å². The average Bonchev–Trinajstić information content (AvgIpc) is 3.47. The van der Waals surface area contributed by atoms with Gasteiger partial charge in [-0.25, -0.2) is 0 Å². The zero-order valence-electron chi connectivity index (χ0n) is 27.1. The van der Waals surface area contributed by atoms with Crippen LogP contribution in [-0.4, -0.2) is 44.7 Å². The van der Waals surface area contributed by atoms with Crippen LogP contribution in [0, 0.1) is 4.91 Å². The smallest absolute Gasteiger partial charge is 0.127 e. The molecule has 0 bridgehead atoms. The molecule has 0 aromatic heterocycles. The van der Waals surface area contributed by atoms with Crippen LogP contribution in [0.1, 0.15) is 22.3 Å². The van der Waals surface area contributed by atoms with Gasteiger partial charge in [-0.05, 0) is 68.8 Å². The van der Waals surface area contributed by atoms with Gasteiger partial charge in [-0.15, -0.1) is 0 Å². The first kappa shape index (κ1) is 32.0. The molecule has 0 amide bonds. The molecule has 6 nitrogen and oxygen atoms in total. The van der Waals surface area contributed by atoms with Crippen molar-refractivity contribution in [2.75, 3.05) is 39.6 Å². The normalized spacial score (nSPS) is 12.6. The average molecular weight is 648 g/mol. The molecule has 1 aliphatic carbocycles. The zero-order chi connectivity index (χ0) is 33.5. The van der Waals surface area contributed by atoms with Gasteiger partial charge in [0.2, 0.25) is 0 Å². The van der Waals surface area contributed by atoms with Crippen molar-refractivity contribution in [2.24, 2.45) is 5.18 Å². The van der Waals surface area contributed by atoms with E-state index in [0.29, 0.717) is 19.0 Å². The van der Waals surface area contributed by atoms with Gasteiger partial charge in [-0.1, -0.05) is 127 Å². The number of aliphatic hydroxyl groups is 1. The monoisotopic (exact) mass is 647 g/mol. The highest BCUT2D eigenvalue weighted by atomic mass is 16.5. The highest BCUT2D eigenvalue weighted by molar-refractivity contribution is 5.88. The number of nitrogens with zero attached hydrogens (tertiary/aromatic N) is 1. The summed E-state index contributed by atoms with van der Waals surface area (Å²) in [5.74, 6) is 1.46. The fraction of sp³-hybridized carbons (Fsp3) is 0.163. The summed E-state index contributed by atoms with van der Waals surface area (Å²) in [7, 11) is 0. The van der Waals surface area contributed by atoms with E-state index in [1.54, 1.807) is 0 Å². The lowest BCUT2D eigenvalue weighted by Crippen LogP contribution is -2.29. The van der Waals surface area contributed by atoms with E-state index in [1.165, 1.54) is 22.3 Å². The summed E-state index contributed by atoms with van der Waals surface area (Å²) in [6.45, 7) is 1.26. The number of rotatable bonds is 14. The Balaban J connectivity index is 1.47. The Kier molecular flexibility index (Phi) is 9.60. The maximum atomic E-state index is 10.9. The van der Waals surface area contributed by atoms with Crippen molar-refractivity contribution in [1.82, 2.24) is 0 Å². The molecule has 6 aromatic rings. The Hall–Kier alpha value is -5.56. The Morgan fingerprint density at radius 3 is 1.51 bits per heavy atom. The zero-order valence-corrected chi connectivity index (χ0v) is 27.1. The Labute approximate surface area is 286 Å². The first-order chi connectivity index (χ1) is 24.3. The fourth-order valence-corrected chi connectivity index (χ4v) is 7.06. The molecule has 0 spiro atoms. The Morgan fingerprint density at radius 2 is 1.00 bits per heavy atom. The van der Waals surface area contributed by atoms with E-state index in [0.717, 1.165) is 39.1 Å². The van der Waals surface area contributed by atoms with Crippen molar-refractivity contribution in [3.05, 3.63) is 173 Å². The van der Waals surface area contributed by atoms with Crippen molar-refractivity contribution >= 4 is 0 Å². The molecule has 0 unspecified atom stereocenters. The van der Waals surface area contributed by atoms with Crippen molar-refractivity contribution in [3.63, 3.8) is 0 Å². The molecular weight excluding hydrogens is 610 g/mol. The minimum absolute atomic E-state index is 0.0238. The molecule has 1 N–H and O–H groups in total. The molecule has 0 atom stereocenters. The van der Waals surface area contributed by atoms with E-state index in [2.05, 4.69) is 108 Å². The van der Waals surface area contributed by atoms with Crippen molar-refractivity contribution in [3.8, 4) is 44.9 Å². The van der Waals surface area contributed by atoms with Crippen LogP contribution in [0.25, 0.3) is 33.4 Å². The Morgan fingerprint density at radius 1 is 0.510 bits per heavy atom. The SMILES string of the molecule is O=NCCOc1ccc(C2(c3ccc(OCCOCCO)c(-c4ccccc4)c3)c3ccccc3-c3ccccc32)cc1-c1ccccc1. The van der Waals surface area contributed by atoms with Gasteiger partial charge < -0.3 is 19.3 Å². The standard InChI is InChI=1S/C43H37NO5/c45-24-26-47-27-28-49-42-22-20-34(30-38(42)32-13-5-2-6-14-32)43(39-17-9-7-15-35(39)36-16-8-10-18-40(36)43)33-19-21-41(48-25-23-44-46)37(29-33)31-11-3-1-4-12-31/h1-22,29-30,45H,23-28H2. The van der Waals surface area contributed by atoms with Crippen molar-refractivity contribution in [1.29, 1.82) is 0 Å². The van der Waals surface area contributed by atoms with Gasteiger partial charge >= 0.3 is 0 Å². The molecule has 0 aliphatic heterocycles. The van der Waals surface area contributed by atoms with E-state index >= 15 is 0 Å². The molecular formula is C43H37NO5. The van der Waals surface area contributed by atoms with Crippen LogP contribution in [-0.2, 0) is 10.2 Å². The van der Waals surface area contributed by atoms with Gasteiger partial charge in [0.05, 0.1) is 25.2 Å². The third-order valence-electron chi connectivity index (χ3n) is 9.11. The summed E-state index contributed by atoms with van der Waals surface area (Å²) in [6.07, 6.45) is 0. The van der Waals surface area contributed by atoms with Crippen LogP contribution in [0.4, 0.5) is 0 Å². The molecule has 0 fully saturated rings. The maximum Gasteiger partial charge on any atom is 0.127 e. The van der Waals surface area contributed by atoms with E-state index in [-0.39, 0.29) is 26.4 Å². The summed E-state index contributed by atoms with van der Waals surface area (Å²) in [5, 5.41) is 12.1. The lowest BCUT2D eigenvalue weighted by atomic mass is 9.67. The van der Waals surface area contributed by atoms with Crippen molar-refractivity contribution < 1.29 is 19.3 Å². The molecule has 1 aliphatic rings. The predicted molar refractivity (Wildman–Crippen MR) is 194 cm³/mol. The van der Waals surface area contributed by atoms with Crippen LogP contribution in [0.2, 0.25) is 0 Å². The summed E-state index contributed by atoms with van der Waals surface area (Å²) < 4.78 is 18.0. The molecule has 0 heterocycles. The predicted octanol–water partition coefficient (Wildman–Crippen LogP) is 8.92. The molecule has 0 saturated carbocycles. The second kappa shape index (κ2) is 14.7. The van der Waals surface area contributed by atoms with Crippen LogP contribution < -0.4 is 9.47 Å². The third-order valence-corrected chi connectivity index (χ3v) is 9.11. The quantitative estimate of drug-likeness (QED) is 0.0942. The first-order valence-corrected chi connectivity index (χ1v) is 16.6. The van der Waals surface area contributed by atoms with E-state index < -0.39 is 5.41 Å². The second-order valence-corrected chi connectivity index (χ2v) is 11.9. The summed E-state index contributed by atoms with van der Waals surface area (Å²) >= 11 is 0. The number of hydrogen-bond donors (Lipinski definition) is 1. The third kappa shape index (κ3) is 6.13. The molecule has 0 saturated heterocycles. The first-order valence-electron chi connectivity index (χ1n) is 16.6. The van der Waals surface area contributed by atoms with Crippen LogP contribution in [0.5, 0.6) is 11.5 Å². The fourth-order valence-electron chi connectivity index (χ4n) is 7.06. The van der Waals surface area contributed by atoms with Gasteiger partial charge in [-0.3, -0.25) is 0 Å². The number of hydrogen-bond acceptors (Lipinski definition) is 6. The lowest BCUT2D eigenvalue weighted by Gasteiger charge is -2.35. The second-order valence-electron chi connectivity index (χ2n) is 11.9. The van der Waals surface area contributed by atoms with Crippen molar-refractivity contribution in [2.45, 2.75) is 5.41 Å². The van der Waals surface area contributed by atoms with Crippen LogP contribution >= 0.6 is 0 Å². The topological polar surface area (TPSA) is 77.4 Å². The van der Waals surface area contributed by atoms with Gasteiger partial charge in [0.1, 0.15) is 31.3 Å². The molecule has 6 aromatic carbocycles. The molecule has 49 heavy (non-hydrogen) atoms. The van der Waals surface area contributed by atoms with E-state index in [1.807, 2.05) is 42.5 Å². The van der Waals surface area contributed by atoms with Gasteiger partial charge in [-0.2, -0.15) is 4.91 Å². The highest BCUT2D eigenvalue weighted by Gasteiger charge is 2.46.